The van der Waals surface area contributed by atoms with Gasteiger partial charge in [-0.3, -0.25) is 0 Å². The molecule has 0 aliphatic carbocycles. The molecule has 5 heteroatoms. The Hall–Kier alpha value is -3.51. The normalized spacial score (nSPS) is 14.0. The van der Waals surface area contributed by atoms with Gasteiger partial charge in [0.25, 0.3) is 0 Å². The van der Waals surface area contributed by atoms with Crippen LogP contribution in [0.2, 0.25) is 0 Å². The lowest BCUT2D eigenvalue weighted by Gasteiger charge is -2.41. The minimum Gasteiger partial charge on any atom is -0.379 e. The van der Waals surface area contributed by atoms with E-state index >= 15 is 0 Å². The second kappa shape index (κ2) is 10.1. The monoisotopic (exact) mass is 509 g/mol. The van der Waals surface area contributed by atoms with Gasteiger partial charge >= 0.3 is 0 Å². The molecule has 188 valence electrons. The molecule has 5 rings (SSSR count). The Morgan fingerprint density at radius 1 is 0.703 bits per heavy atom. The van der Waals surface area contributed by atoms with Crippen LogP contribution in [0.1, 0.15) is 31.4 Å². The average Bonchev–Trinajstić information content (AvgIpc) is 2.95. The molecule has 0 saturated heterocycles. The molecule has 0 spiro atoms. The highest BCUT2D eigenvalue weighted by molar-refractivity contribution is 7.89. The highest BCUT2D eigenvalue weighted by Gasteiger charge is 2.46. The summed E-state index contributed by atoms with van der Waals surface area (Å²) in [5.74, 6) is -0.193. The molecule has 0 heterocycles. The van der Waals surface area contributed by atoms with Gasteiger partial charge in [0.2, 0.25) is 10.0 Å². The molecule has 37 heavy (non-hydrogen) atoms. The molecule has 0 radical (unpaired) electrons. The third-order valence-corrected chi connectivity index (χ3v) is 8.86. The van der Waals surface area contributed by atoms with Crippen molar-refractivity contribution in [3.8, 4) is 0 Å². The zero-order valence-electron chi connectivity index (χ0n) is 21.0. The van der Waals surface area contributed by atoms with E-state index in [1.165, 1.54) is 0 Å². The third kappa shape index (κ3) is 4.55. The molecule has 0 saturated carbocycles. The number of hydrogen-bond donors (Lipinski definition) is 2. The van der Waals surface area contributed by atoms with Crippen molar-refractivity contribution in [2.75, 3.05) is 0 Å². The molecule has 0 aliphatic rings. The number of aliphatic hydroxyl groups is 1. The third-order valence-electron chi connectivity index (χ3n) is 7.40. The molecular weight excluding hydrogens is 478 g/mol. The van der Waals surface area contributed by atoms with Gasteiger partial charge in [0.05, 0.1) is 10.9 Å². The van der Waals surface area contributed by atoms with E-state index in [-0.39, 0.29) is 10.8 Å². The summed E-state index contributed by atoms with van der Waals surface area (Å²) in [6.45, 7) is 4.00. The van der Waals surface area contributed by atoms with Gasteiger partial charge < -0.3 is 5.11 Å². The summed E-state index contributed by atoms with van der Waals surface area (Å²) in [6.07, 6.45) is 0.666. The Balaban J connectivity index is 1.83. The summed E-state index contributed by atoms with van der Waals surface area (Å²) in [6, 6.07) is 35.0. The topological polar surface area (TPSA) is 66.4 Å². The van der Waals surface area contributed by atoms with Crippen molar-refractivity contribution in [1.82, 2.24) is 4.72 Å². The quantitative estimate of drug-likeness (QED) is 0.247. The molecule has 0 aromatic heterocycles. The maximum absolute atomic E-state index is 13.7. The van der Waals surface area contributed by atoms with Crippen molar-refractivity contribution < 1.29 is 13.5 Å². The number of nitrogens with one attached hydrogen (secondary N) is 1. The van der Waals surface area contributed by atoms with Gasteiger partial charge in [-0.25, -0.2) is 13.1 Å². The lowest BCUT2D eigenvalue weighted by Crippen LogP contribution is -2.54. The first-order chi connectivity index (χ1) is 17.9. The molecule has 0 bridgehead atoms. The van der Waals surface area contributed by atoms with Crippen molar-refractivity contribution in [1.29, 1.82) is 0 Å². The van der Waals surface area contributed by atoms with Crippen LogP contribution in [0.25, 0.3) is 21.5 Å². The van der Waals surface area contributed by atoms with Crippen LogP contribution in [0.5, 0.6) is 0 Å². The van der Waals surface area contributed by atoms with E-state index in [2.05, 4.69) is 4.72 Å². The van der Waals surface area contributed by atoms with Gasteiger partial charge in [0.15, 0.2) is 0 Å². The SMILES string of the molecule is CC[C@H](C)[C@H](NS(=O)(=O)c1ccccc1)C(O)(c1cccc2ccccc12)c1cccc2ccccc12. The zero-order chi connectivity index (χ0) is 26.0. The highest BCUT2D eigenvalue weighted by atomic mass is 32.2. The van der Waals surface area contributed by atoms with Gasteiger partial charge in [0, 0.05) is 0 Å². The first kappa shape index (κ1) is 25.2. The molecule has 4 nitrogen and oxygen atoms in total. The van der Waals surface area contributed by atoms with E-state index in [4.69, 9.17) is 0 Å². The lowest BCUT2D eigenvalue weighted by molar-refractivity contribution is 0.0274. The fraction of sp³-hybridized carbons (Fsp3) is 0.188. The standard InChI is InChI=1S/C32H31NO3S/c1-3-23(2)31(33-37(35,36)26-17-5-4-6-18-26)32(34,29-21-11-15-24-13-7-9-19-27(24)29)30-22-12-16-25-14-8-10-20-28(25)30/h4-23,31,33-34H,3H2,1-2H3/t23-,31-/m0/s1. The maximum atomic E-state index is 13.7. The summed E-state index contributed by atoms with van der Waals surface area (Å²) >= 11 is 0. The van der Waals surface area contributed by atoms with Crippen LogP contribution < -0.4 is 4.72 Å². The van der Waals surface area contributed by atoms with Crippen molar-refractivity contribution >= 4 is 31.6 Å². The van der Waals surface area contributed by atoms with E-state index in [1.807, 2.05) is 98.8 Å². The van der Waals surface area contributed by atoms with Crippen LogP contribution in [0.4, 0.5) is 0 Å². The summed E-state index contributed by atoms with van der Waals surface area (Å²) in [7, 11) is -3.93. The molecule has 5 aromatic rings. The van der Waals surface area contributed by atoms with Crippen molar-refractivity contribution in [3.05, 3.63) is 126 Å². The zero-order valence-corrected chi connectivity index (χ0v) is 21.8. The second-order valence-electron chi connectivity index (χ2n) is 9.62. The molecule has 0 unspecified atom stereocenters. The van der Waals surface area contributed by atoms with Crippen LogP contribution in [-0.2, 0) is 15.6 Å². The van der Waals surface area contributed by atoms with E-state index in [9.17, 15) is 13.5 Å². The van der Waals surface area contributed by atoms with Gasteiger partial charge in [-0.2, -0.15) is 0 Å². The molecule has 2 atom stereocenters. The van der Waals surface area contributed by atoms with Crippen molar-refractivity contribution in [2.24, 2.45) is 5.92 Å². The Morgan fingerprint density at radius 2 is 1.16 bits per heavy atom. The first-order valence-electron chi connectivity index (χ1n) is 12.6. The van der Waals surface area contributed by atoms with Crippen molar-refractivity contribution in [2.45, 2.75) is 36.8 Å². The fourth-order valence-corrected chi connectivity index (χ4v) is 6.67. The summed E-state index contributed by atoms with van der Waals surface area (Å²) in [5, 5.41) is 16.8. The number of fused-ring (bicyclic) bond motifs is 2. The minimum absolute atomic E-state index is 0.168. The van der Waals surface area contributed by atoms with Crippen LogP contribution >= 0.6 is 0 Å². The highest BCUT2D eigenvalue weighted by Crippen LogP contribution is 2.43. The minimum atomic E-state index is -3.93. The second-order valence-corrected chi connectivity index (χ2v) is 11.3. The van der Waals surface area contributed by atoms with Gasteiger partial charge in [0.1, 0.15) is 5.60 Å². The number of sulfonamides is 1. The van der Waals surface area contributed by atoms with Crippen molar-refractivity contribution in [3.63, 3.8) is 0 Å². The molecule has 0 amide bonds. The van der Waals surface area contributed by atoms with Crippen LogP contribution in [0, 0.1) is 5.92 Å². The van der Waals surface area contributed by atoms with Crippen LogP contribution in [-0.4, -0.2) is 19.6 Å². The van der Waals surface area contributed by atoms with E-state index in [1.54, 1.807) is 30.3 Å². The van der Waals surface area contributed by atoms with Gasteiger partial charge in [-0.15, -0.1) is 0 Å². The van der Waals surface area contributed by atoms with E-state index < -0.39 is 21.7 Å². The first-order valence-corrected chi connectivity index (χ1v) is 14.1. The van der Waals surface area contributed by atoms with Crippen LogP contribution in [0.3, 0.4) is 0 Å². The number of rotatable bonds is 8. The summed E-state index contributed by atoms with van der Waals surface area (Å²) < 4.78 is 30.3. The van der Waals surface area contributed by atoms with E-state index in [0.29, 0.717) is 17.5 Å². The Morgan fingerprint density at radius 3 is 1.68 bits per heavy atom. The Bertz CT molecular complexity index is 1560. The molecule has 0 fully saturated rings. The lowest BCUT2D eigenvalue weighted by atomic mass is 9.72. The average molecular weight is 510 g/mol. The number of hydrogen-bond acceptors (Lipinski definition) is 3. The Kier molecular flexibility index (Phi) is 6.86. The molecule has 2 N–H and O–H groups in total. The predicted molar refractivity (Wildman–Crippen MR) is 151 cm³/mol. The fourth-order valence-electron chi connectivity index (χ4n) is 5.28. The number of benzene rings is 5. The molecular formula is C32H31NO3S. The Labute approximate surface area is 218 Å². The summed E-state index contributed by atoms with van der Waals surface area (Å²) in [4.78, 5) is 0.168. The predicted octanol–water partition coefficient (Wildman–Crippen LogP) is 6.62. The maximum Gasteiger partial charge on any atom is 0.240 e. The van der Waals surface area contributed by atoms with Crippen LogP contribution in [0.15, 0.2) is 120 Å². The van der Waals surface area contributed by atoms with E-state index in [0.717, 1.165) is 21.5 Å². The largest absolute Gasteiger partial charge is 0.379 e. The summed E-state index contributed by atoms with van der Waals surface area (Å²) in [5.41, 5.74) is -0.329. The van der Waals surface area contributed by atoms with Gasteiger partial charge in [-0.1, -0.05) is 123 Å². The molecule has 0 aliphatic heterocycles. The van der Waals surface area contributed by atoms with Gasteiger partial charge in [-0.05, 0) is 50.7 Å². The smallest absolute Gasteiger partial charge is 0.240 e. The molecule has 5 aromatic carbocycles.